The summed E-state index contributed by atoms with van der Waals surface area (Å²) in [5, 5.41) is 9.26. The highest BCUT2D eigenvalue weighted by Gasteiger charge is 2.48. The molecule has 0 aromatic heterocycles. The molecular formula is C14H19NO3S. The van der Waals surface area contributed by atoms with E-state index < -0.39 is 10.0 Å². The van der Waals surface area contributed by atoms with E-state index in [0.717, 1.165) is 18.4 Å². The zero-order valence-corrected chi connectivity index (χ0v) is 11.8. The normalized spacial score (nSPS) is 30.9. The van der Waals surface area contributed by atoms with E-state index in [1.54, 1.807) is 16.4 Å². The summed E-state index contributed by atoms with van der Waals surface area (Å²) in [6.07, 6.45) is 1.70. The zero-order valence-electron chi connectivity index (χ0n) is 11.0. The fourth-order valence-corrected chi connectivity index (χ4v) is 5.09. The van der Waals surface area contributed by atoms with Gasteiger partial charge in [-0.05, 0) is 43.7 Å². The van der Waals surface area contributed by atoms with Crippen LogP contribution in [-0.4, -0.2) is 37.0 Å². The van der Waals surface area contributed by atoms with Crippen molar-refractivity contribution in [1.82, 2.24) is 4.31 Å². The van der Waals surface area contributed by atoms with Crippen molar-refractivity contribution < 1.29 is 13.5 Å². The van der Waals surface area contributed by atoms with Crippen molar-refractivity contribution in [3.05, 3.63) is 29.8 Å². The number of hydrogen-bond acceptors (Lipinski definition) is 3. The fraction of sp³-hybridized carbons (Fsp3) is 0.571. The lowest BCUT2D eigenvalue weighted by molar-refractivity contribution is 0.161. The lowest BCUT2D eigenvalue weighted by Crippen LogP contribution is -2.40. The second kappa shape index (κ2) is 4.58. The number of fused-ring (bicyclic) bond motifs is 2. The van der Waals surface area contributed by atoms with Crippen molar-refractivity contribution in [2.45, 2.75) is 30.7 Å². The molecule has 0 amide bonds. The maximum Gasteiger partial charge on any atom is 0.243 e. The Labute approximate surface area is 114 Å². The van der Waals surface area contributed by atoms with E-state index in [-0.39, 0.29) is 18.6 Å². The van der Waals surface area contributed by atoms with Crippen molar-refractivity contribution in [3.63, 3.8) is 0 Å². The Morgan fingerprint density at radius 1 is 1.26 bits per heavy atom. The van der Waals surface area contributed by atoms with Gasteiger partial charge in [-0.2, -0.15) is 4.31 Å². The molecule has 1 N–H and O–H groups in total. The van der Waals surface area contributed by atoms with Crippen molar-refractivity contribution in [1.29, 1.82) is 0 Å². The molecule has 19 heavy (non-hydrogen) atoms. The molecule has 4 nitrogen and oxygen atoms in total. The summed E-state index contributed by atoms with van der Waals surface area (Å²) >= 11 is 0. The molecule has 1 saturated carbocycles. The van der Waals surface area contributed by atoms with Crippen LogP contribution in [0.5, 0.6) is 0 Å². The summed E-state index contributed by atoms with van der Waals surface area (Å²) in [7, 11) is -3.37. The van der Waals surface area contributed by atoms with Gasteiger partial charge in [-0.1, -0.05) is 17.7 Å². The van der Waals surface area contributed by atoms with E-state index in [9.17, 15) is 13.5 Å². The van der Waals surface area contributed by atoms with Gasteiger partial charge in [-0.15, -0.1) is 0 Å². The van der Waals surface area contributed by atoms with Gasteiger partial charge in [-0.25, -0.2) is 8.42 Å². The number of aryl methyl sites for hydroxylation is 1. The van der Waals surface area contributed by atoms with Gasteiger partial charge in [0.25, 0.3) is 0 Å². The SMILES string of the molecule is Cc1ccc(S(=O)(=O)N2C[C@H]3C[C@@H]2C[C@@H]3CO)cc1. The summed E-state index contributed by atoms with van der Waals surface area (Å²) < 4.78 is 26.8. The van der Waals surface area contributed by atoms with Crippen molar-refractivity contribution in [3.8, 4) is 0 Å². The first-order valence-electron chi connectivity index (χ1n) is 6.71. The summed E-state index contributed by atoms with van der Waals surface area (Å²) in [4.78, 5) is 0.381. The van der Waals surface area contributed by atoms with Crippen LogP contribution in [0.15, 0.2) is 29.2 Å². The minimum Gasteiger partial charge on any atom is -0.396 e. The predicted octanol–water partition coefficient (Wildman–Crippen LogP) is 1.39. The maximum atomic E-state index is 12.6. The molecule has 2 bridgehead atoms. The molecule has 2 fully saturated rings. The van der Waals surface area contributed by atoms with E-state index >= 15 is 0 Å². The Bertz CT molecular complexity index is 567. The highest BCUT2D eigenvalue weighted by Crippen LogP contribution is 2.44. The lowest BCUT2D eigenvalue weighted by atomic mass is 9.96. The molecule has 0 spiro atoms. The number of aliphatic hydroxyl groups is 1. The van der Waals surface area contributed by atoms with Gasteiger partial charge < -0.3 is 5.11 Å². The molecule has 1 heterocycles. The van der Waals surface area contributed by atoms with Gasteiger partial charge >= 0.3 is 0 Å². The van der Waals surface area contributed by atoms with Crippen LogP contribution >= 0.6 is 0 Å². The minimum atomic E-state index is -3.37. The van der Waals surface area contributed by atoms with Crippen LogP contribution in [0.25, 0.3) is 0 Å². The molecule has 3 atom stereocenters. The first kappa shape index (κ1) is 13.1. The average Bonchev–Trinajstić information content (AvgIpc) is 2.98. The molecule has 1 aromatic rings. The van der Waals surface area contributed by atoms with Crippen LogP contribution in [0.1, 0.15) is 18.4 Å². The number of sulfonamides is 1. The second-order valence-corrected chi connectivity index (χ2v) is 7.61. The monoisotopic (exact) mass is 281 g/mol. The van der Waals surface area contributed by atoms with E-state index in [0.29, 0.717) is 17.4 Å². The molecule has 3 rings (SSSR count). The van der Waals surface area contributed by atoms with Crippen molar-refractivity contribution in [2.75, 3.05) is 13.2 Å². The van der Waals surface area contributed by atoms with Gasteiger partial charge in [0.15, 0.2) is 0 Å². The quantitative estimate of drug-likeness (QED) is 0.911. The van der Waals surface area contributed by atoms with Gasteiger partial charge in [0.1, 0.15) is 0 Å². The van der Waals surface area contributed by atoms with Crippen LogP contribution in [0.3, 0.4) is 0 Å². The van der Waals surface area contributed by atoms with Gasteiger partial charge in [-0.3, -0.25) is 0 Å². The molecule has 104 valence electrons. The number of hydrogen-bond donors (Lipinski definition) is 1. The topological polar surface area (TPSA) is 57.6 Å². The molecule has 0 unspecified atom stereocenters. The number of aliphatic hydroxyl groups excluding tert-OH is 1. The summed E-state index contributed by atoms with van der Waals surface area (Å²) in [6.45, 7) is 2.69. The molecule has 0 radical (unpaired) electrons. The van der Waals surface area contributed by atoms with Gasteiger partial charge in [0.05, 0.1) is 4.90 Å². The van der Waals surface area contributed by atoms with Crippen LogP contribution < -0.4 is 0 Å². The highest BCUT2D eigenvalue weighted by molar-refractivity contribution is 7.89. The Kier molecular flexibility index (Phi) is 3.15. The number of nitrogens with zero attached hydrogens (tertiary/aromatic N) is 1. The summed E-state index contributed by atoms with van der Waals surface area (Å²) in [5.41, 5.74) is 1.06. The van der Waals surface area contributed by atoms with E-state index in [4.69, 9.17) is 0 Å². The molecule has 2 aliphatic rings. The Morgan fingerprint density at radius 2 is 1.95 bits per heavy atom. The van der Waals surface area contributed by atoms with Crippen molar-refractivity contribution >= 4 is 10.0 Å². The first-order chi connectivity index (χ1) is 9.02. The highest BCUT2D eigenvalue weighted by atomic mass is 32.2. The minimum absolute atomic E-state index is 0.0773. The number of piperidine rings is 1. The maximum absolute atomic E-state index is 12.6. The van der Waals surface area contributed by atoms with Gasteiger partial charge in [0.2, 0.25) is 10.0 Å². The summed E-state index contributed by atoms with van der Waals surface area (Å²) in [5.74, 6) is 0.615. The molecule has 1 aliphatic heterocycles. The third-order valence-electron chi connectivity index (χ3n) is 4.50. The second-order valence-electron chi connectivity index (χ2n) is 5.72. The van der Waals surface area contributed by atoms with E-state index in [1.165, 1.54) is 0 Å². The van der Waals surface area contributed by atoms with E-state index in [1.807, 2.05) is 19.1 Å². The molecule has 1 aliphatic carbocycles. The van der Waals surface area contributed by atoms with E-state index in [2.05, 4.69) is 0 Å². The predicted molar refractivity (Wildman–Crippen MR) is 72.2 cm³/mol. The zero-order chi connectivity index (χ0) is 13.6. The number of benzene rings is 1. The standard InChI is InChI=1S/C14H19NO3S/c1-10-2-4-14(5-3-10)19(17,18)15-8-11-6-13(15)7-12(11)9-16/h2-5,11-13,16H,6-9H2,1H3/t11-,12-,13-/m1/s1. The fourth-order valence-electron chi connectivity index (χ4n) is 3.38. The van der Waals surface area contributed by atoms with Crippen LogP contribution in [-0.2, 0) is 10.0 Å². The Morgan fingerprint density at radius 3 is 2.47 bits per heavy atom. The van der Waals surface area contributed by atoms with Crippen LogP contribution in [0.2, 0.25) is 0 Å². The largest absolute Gasteiger partial charge is 0.396 e. The molecular weight excluding hydrogens is 262 g/mol. The Balaban J connectivity index is 1.85. The van der Waals surface area contributed by atoms with Crippen LogP contribution in [0, 0.1) is 18.8 Å². The van der Waals surface area contributed by atoms with Gasteiger partial charge in [0, 0.05) is 19.2 Å². The van der Waals surface area contributed by atoms with Crippen molar-refractivity contribution in [2.24, 2.45) is 11.8 Å². The molecule has 1 saturated heterocycles. The third-order valence-corrected chi connectivity index (χ3v) is 6.43. The average molecular weight is 281 g/mol. The number of rotatable bonds is 3. The van der Waals surface area contributed by atoms with Crippen LogP contribution in [0.4, 0.5) is 0 Å². The lowest BCUT2D eigenvalue weighted by Gasteiger charge is -2.29. The molecule has 1 aromatic carbocycles. The summed E-state index contributed by atoms with van der Waals surface area (Å²) in [6, 6.07) is 7.10. The third kappa shape index (κ3) is 2.10. The Hall–Kier alpha value is -0.910. The molecule has 5 heteroatoms. The smallest absolute Gasteiger partial charge is 0.243 e. The first-order valence-corrected chi connectivity index (χ1v) is 8.15.